The van der Waals surface area contributed by atoms with Gasteiger partial charge in [-0.3, -0.25) is 24.0 Å². The van der Waals surface area contributed by atoms with Gasteiger partial charge in [0.05, 0.1) is 6.04 Å². The predicted molar refractivity (Wildman–Crippen MR) is 148 cm³/mol. The van der Waals surface area contributed by atoms with Crippen LogP contribution in [0.4, 0.5) is 0 Å². The first-order valence-corrected chi connectivity index (χ1v) is 13.3. The summed E-state index contributed by atoms with van der Waals surface area (Å²) in [6, 6.07) is 2.15. The average Bonchev–Trinajstić information content (AvgIpc) is 3.33. The van der Waals surface area contributed by atoms with Gasteiger partial charge in [-0.1, -0.05) is 38.5 Å². The molecule has 0 bridgehead atoms. The molecule has 41 heavy (non-hydrogen) atoms. The van der Waals surface area contributed by atoms with Gasteiger partial charge >= 0.3 is 11.9 Å². The van der Waals surface area contributed by atoms with Crippen LogP contribution in [0, 0.1) is 5.92 Å². The van der Waals surface area contributed by atoms with Gasteiger partial charge in [0.2, 0.25) is 23.6 Å². The number of para-hydroxylation sites is 1. The summed E-state index contributed by atoms with van der Waals surface area (Å²) < 4.78 is 0. The predicted octanol–water partition coefficient (Wildman–Crippen LogP) is -0.247. The Morgan fingerprint density at radius 3 is 2.07 bits per heavy atom. The molecule has 0 aliphatic heterocycles. The highest BCUT2D eigenvalue weighted by atomic mass is 16.4. The number of primary amides is 1. The summed E-state index contributed by atoms with van der Waals surface area (Å²) in [6.45, 7) is 3.62. The number of carbonyl (C=O) groups is 6. The van der Waals surface area contributed by atoms with Gasteiger partial charge in [0.25, 0.3) is 0 Å². The largest absolute Gasteiger partial charge is 0.481 e. The maximum absolute atomic E-state index is 13.4. The number of benzene rings is 1. The van der Waals surface area contributed by atoms with E-state index in [1.54, 1.807) is 25.3 Å². The molecular weight excluding hydrogens is 536 g/mol. The van der Waals surface area contributed by atoms with E-state index in [4.69, 9.17) is 16.6 Å². The second kappa shape index (κ2) is 15.4. The van der Waals surface area contributed by atoms with Crippen molar-refractivity contribution in [3.63, 3.8) is 0 Å². The van der Waals surface area contributed by atoms with Crippen molar-refractivity contribution in [2.75, 3.05) is 0 Å². The van der Waals surface area contributed by atoms with E-state index in [2.05, 4.69) is 20.9 Å². The van der Waals surface area contributed by atoms with Crippen LogP contribution in [0.15, 0.2) is 30.5 Å². The van der Waals surface area contributed by atoms with Crippen LogP contribution in [0.1, 0.15) is 51.5 Å². The van der Waals surface area contributed by atoms with Gasteiger partial charge < -0.3 is 42.6 Å². The molecule has 0 aliphatic rings. The average molecular weight is 575 g/mol. The number of carboxylic acid groups (broad SMARTS) is 2. The van der Waals surface area contributed by atoms with Gasteiger partial charge in [-0.25, -0.2) is 4.79 Å². The van der Waals surface area contributed by atoms with Crippen LogP contribution in [0.5, 0.6) is 0 Å². The summed E-state index contributed by atoms with van der Waals surface area (Å²) in [5, 5.41) is 26.6. The third-order valence-corrected chi connectivity index (χ3v) is 6.87. The molecule has 1 heterocycles. The summed E-state index contributed by atoms with van der Waals surface area (Å²) in [6.07, 6.45) is 0.878. The molecule has 0 spiro atoms. The summed E-state index contributed by atoms with van der Waals surface area (Å²) in [4.78, 5) is 76.6. The third kappa shape index (κ3) is 9.90. The summed E-state index contributed by atoms with van der Waals surface area (Å²) in [7, 11) is 0. The summed E-state index contributed by atoms with van der Waals surface area (Å²) in [5.74, 6) is -5.90. The minimum absolute atomic E-state index is 0.0737. The van der Waals surface area contributed by atoms with Crippen molar-refractivity contribution in [3.8, 4) is 0 Å². The Balaban J connectivity index is 2.34. The molecule has 14 heteroatoms. The third-order valence-electron chi connectivity index (χ3n) is 6.87. The topological polar surface area (TPSA) is 247 Å². The van der Waals surface area contributed by atoms with E-state index in [0.29, 0.717) is 12.0 Å². The Morgan fingerprint density at radius 1 is 0.878 bits per heavy atom. The lowest BCUT2D eigenvalue weighted by Gasteiger charge is -2.26. The van der Waals surface area contributed by atoms with E-state index in [-0.39, 0.29) is 31.6 Å². The van der Waals surface area contributed by atoms with Gasteiger partial charge in [0, 0.05) is 36.4 Å². The molecule has 2 aromatic rings. The molecule has 224 valence electrons. The Labute approximate surface area is 236 Å². The van der Waals surface area contributed by atoms with Gasteiger partial charge in [0.1, 0.15) is 18.1 Å². The Bertz CT molecular complexity index is 1260. The van der Waals surface area contributed by atoms with Gasteiger partial charge in [0.15, 0.2) is 0 Å². The molecule has 0 saturated heterocycles. The van der Waals surface area contributed by atoms with Crippen LogP contribution in [-0.4, -0.2) is 74.9 Å². The standard InChI is InChI=1S/C27H38N6O8/c1-3-14(2)23(29)26(39)31-18(8-10-21(28)34)24(37)33-20(12-15-13-30-17-7-5-4-6-16(15)17)25(38)32-19(27(40)41)9-11-22(35)36/h4-7,13-14,18-20,23,30H,3,8-12,29H2,1-2H3,(H2,28,34)(H,31,39)(H,32,38)(H,33,37)(H,35,36)(H,40,41). The minimum atomic E-state index is -1.53. The van der Waals surface area contributed by atoms with Gasteiger partial charge in [-0.05, 0) is 30.4 Å². The second-order valence-electron chi connectivity index (χ2n) is 9.93. The fourth-order valence-electron chi connectivity index (χ4n) is 4.14. The van der Waals surface area contributed by atoms with Crippen molar-refractivity contribution < 1.29 is 39.0 Å². The van der Waals surface area contributed by atoms with Crippen molar-refractivity contribution in [1.29, 1.82) is 0 Å². The molecule has 1 aromatic heterocycles. The lowest BCUT2D eigenvalue weighted by molar-refractivity contribution is -0.143. The molecular formula is C27H38N6O8. The second-order valence-corrected chi connectivity index (χ2v) is 9.93. The van der Waals surface area contributed by atoms with Crippen LogP contribution in [0.3, 0.4) is 0 Å². The van der Waals surface area contributed by atoms with Crippen molar-refractivity contribution in [2.24, 2.45) is 17.4 Å². The molecule has 0 saturated carbocycles. The lowest BCUT2D eigenvalue weighted by atomic mass is 9.98. The Morgan fingerprint density at radius 2 is 1.46 bits per heavy atom. The number of H-pyrrole nitrogens is 1. The number of carbonyl (C=O) groups excluding carboxylic acids is 4. The first-order chi connectivity index (χ1) is 19.3. The first kappa shape index (κ1) is 32.8. The van der Waals surface area contributed by atoms with Crippen molar-refractivity contribution in [3.05, 3.63) is 36.0 Å². The summed E-state index contributed by atoms with van der Waals surface area (Å²) >= 11 is 0. The Hall–Kier alpha value is -4.46. The number of rotatable bonds is 17. The highest BCUT2D eigenvalue weighted by Gasteiger charge is 2.32. The number of hydrogen-bond acceptors (Lipinski definition) is 7. The monoisotopic (exact) mass is 574 g/mol. The molecule has 5 atom stereocenters. The molecule has 2 rings (SSSR count). The maximum atomic E-state index is 13.4. The molecule has 5 unspecified atom stereocenters. The molecule has 14 nitrogen and oxygen atoms in total. The number of aromatic nitrogens is 1. The van der Waals surface area contributed by atoms with Crippen LogP contribution < -0.4 is 27.4 Å². The lowest BCUT2D eigenvalue weighted by Crippen LogP contribution is -2.58. The number of nitrogens with two attached hydrogens (primary N) is 2. The SMILES string of the molecule is CCC(C)C(N)C(=O)NC(CCC(N)=O)C(=O)NC(Cc1c[nH]c2ccccc12)C(=O)NC(CCC(=O)O)C(=O)O. The molecule has 1 aromatic carbocycles. The first-order valence-electron chi connectivity index (χ1n) is 13.3. The van der Waals surface area contributed by atoms with Crippen molar-refractivity contribution >= 4 is 46.5 Å². The highest BCUT2D eigenvalue weighted by Crippen LogP contribution is 2.19. The number of amides is 4. The zero-order valence-corrected chi connectivity index (χ0v) is 23.0. The van der Waals surface area contributed by atoms with Gasteiger partial charge in [-0.15, -0.1) is 0 Å². The van der Waals surface area contributed by atoms with Crippen LogP contribution in [-0.2, 0) is 35.2 Å². The number of carboxylic acids is 2. The van der Waals surface area contributed by atoms with E-state index in [1.165, 1.54) is 0 Å². The fraction of sp³-hybridized carbons (Fsp3) is 0.481. The molecule has 4 amide bonds. The van der Waals surface area contributed by atoms with Crippen molar-refractivity contribution in [2.45, 2.75) is 76.5 Å². The zero-order valence-electron chi connectivity index (χ0n) is 23.0. The number of nitrogens with one attached hydrogen (secondary N) is 4. The fourth-order valence-corrected chi connectivity index (χ4v) is 4.14. The molecule has 0 aliphatic carbocycles. The van der Waals surface area contributed by atoms with Crippen LogP contribution >= 0.6 is 0 Å². The number of aliphatic carboxylic acids is 2. The minimum Gasteiger partial charge on any atom is -0.481 e. The quantitative estimate of drug-likeness (QED) is 0.124. The summed E-state index contributed by atoms with van der Waals surface area (Å²) in [5.41, 5.74) is 12.7. The van der Waals surface area contributed by atoms with Crippen LogP contribution in [0.25, 0.3) is 10.9 Å². The van der Waals surface area contributed by atoms with E-state index >= 15 is 0 Å². The molecule has 0 fully saturated rings. The van der Waals surface area contributed by atoms with E-state index in [9.17, 15) is 33.9 Å². The van der Waals surface area contributed by atoms with Gasteiger partial charge in [-0.2, -0.15) is 0 Å². The maximum Gasteiger partial charge on any atom is 0.326 e. The van der Waals surface area contributed by atoms with E-state index in [1.807, 2.05) is 19.1 Å². The number of aromatic amines is 1. The van der Waals surface area contributed by atoms with Crippen LogP contribution in [0.2, 0.25) is 0 Å². The number of fused-ring (bicyclic) bond motifs is 1. The van der Waals surface area contributed by atoms with E-state index < -0.39 is 66.2 Å². The van der Waals surface area contributed by atoms with Crippen molar-refractivity contribution in [1.82, 2.24) is 20.9 Å². The smallest absolute Gasteiger partial charge is 0.326 e. The van der Waals surface area contributed by atoms with E-state index in [0.717, 1.165) is 10.9 Å². The molecule has 0 radical (unpaired) electrons. The highest BCUT2D eigenvalue weighted by molar-refractivity contribution is 5.95. The Kier molecular flexibility index (Phi) is 12.3. The zero-order chi connectivity index (χ0) is 30.7. The molecule has 10 N–H and O–H groups in total. The normalized spacial score (nSPS) is 14.7. The number of hydrogen-bond donors (Lipinski definition) is 8.